The zero-order valence-corrected chi connectivity index (χ0v) is 10.8. The first-order chi connectivity index (χ1) is 8.43. The predicted molar refractivity (Wildman–Crippen MR) is 67.9 cm³/mol. The van der Waals surface area contributed by atoms with Gasteiger partial charge in [-0.15, -0.1) is 0 Å². The Labute approximate surface area is 106 Å². The van der Waals surface area contributed by atoms with Gasteiger partial charge in [0.25, 0.3) is 0 Å². The summed E-state index contributed by atoms with van der Waals surface area (Å²) in [6, 6.07) is 4.90. The number of rotatable bonds is 6. The molecule has 0 aliphatic carbocycles. The van der Waals surface area contributed by atoms with Crippen LogP contribution in [0.2, 0.25) is 0 Å². The molecule has 0 aliphatic heterocycles. The number of hydrogen-bond donors (Lipinski definition) is 0. The van der Waals surface area contributed by atoms with Crippen molar-refractivity contribution in [2.75, 3.05) is 0 Å². The number of ketones is 1. The van der Waals surface area contributed by atoms with Crippen LogP contribution in [0.1, 0.15) is 32.8 Å². The van der Waals surface area contributed by atoms with Crippen molar-refractivity contribution in [3.05, 3.63) is 33.9 Å². The van der Waals surface area contributed by atoms with E-state index in [1.807, 2.05) is 6.92 Å². The summed E-state index contributed by atoms with van der Waals surface area (Å²) >= 11 is 0. The van der Waals surface area contributed by atoms with E-state index in [2.05, 4.69) is 0 Å². The van der Waals surface area contributed by atoms with Crippen LogP contribution in [0.3, 0.4) is 0 Å². The molecule has 1 aromatic rings. The molecule has 0 aromatic heterocycles. The van der Waals surface area contributed by atoms with Crippen LogP contribution in [-0.4, -0.2) is 16.8 Å². The molecule has 5 heteroatoms. The molecule has 0 saturated carbocycles. The van der Waals surface area contributed by atoms with Crippen LogP contribution in [-0.2, 0) is 11.2 Å². The zero-order valence-electron chi connectivity index (χ0n) is 10.8. The molecule has 5 nitrogen and oxygen atoms in total. The van der Waals surface area contributed by atoms with Crippen LogP contribution in [0.25, 0.3) is 0 Å². The summed E-state index contributed by atoms with van der Waals surface area (Å²) < 4.78 is 5.45. The van der Waals surface area contributed by atoms with Crippen LogP contribution >= 0.6 is 0 Å². The third-order valence-corrected chi connectivity index (χ3v) is 2.53. The fourth-order valence-electron chi connectivity index (χ4n) is 1.69. The summed E-state index contributed by atoms with van der Waals surface area (Å²) in [5.41, 5.74) is 0.832. The zero-order chi connectivity index (χ0) is 13.7. The first kappa shape index (κ1) is 14.2. The van der Waals surface area contributed by atoms with E-state index >= 15 is 0 Å². The molecule has 0 fully saturated rings. The molecule has 1 unspecified atom stereocenters. The molecule has 0 saturated heterocycles. The maximum absolute atomic E-state index is 11.0. The lowest BCUT2D eigenvalue weighted by molar-refractivity contribution is -0.386. The van der Waals surface area contributed by atoms with Gasteiger partial charge in [0.2, 0.25) is 0 Å². The average molecular weight is 251 g/mol. The van der Waals surface area contributed by atoms with Crippen molar-refractivity contribution < 1.29 is 14.5 Å². The number of nitro benzene ring substituents is 1. The molecular formula is C13H17NO4. The topological polar surface area (TPSA) is 69.4 Å². The van der Waals surface area contributed by atoms with Crippen molar-refractivity contribution in [3.63, 3.8) is 0 Å². The first-order valence-electron chi connectivity index (χ1n) is 5.87. The van der Waals surface area contributed by atoms with Crippen LogP contribution in [0.15, 0.2) is 18.2 Å². The van der Waals surface area contributed by atoms with Crippen molar-refractivity contribution in [3.8, 4) is 5.75 Å². The second-order valence-corrected chi connectivity index (χ2v) is 4.25. The Hall–Kier alpha value is -1.91. The van der Waals surface area contributed by atoms with Crippen LogP contribution in [0, 0.1) is 10.1 Å². The molecule has 1 rings (SSSR count). The van der Waals surface area contributed by atoms with Gasteiger partial charge >= 0.3 is 5.69 Å². The van der Waals surface area contributed by atoms with Gasteiger partial charge in [-0.25, -0.2) is 0 Å². The summed E-state index contributed by atoms with van der Waals surface area (Å²) in [4.78, 5) is 21.4. The molecule has 0 aliphatic rings. The predicted octanol–water partition coefficient (Wildman–Crippen LogP) is 2.90. The second kappa shape index (κ2) is 6.14. The highest BCUT2D eigenvalue weighted by molar-refractivity contribution is 5.76. The van der Waals surface area contributed by atoms with E-state index in [0.717, 1.165) is 12.0 Å². The largest absolute Gasteiger partial charge is 0.483 e. The third-order valence-electron chi connectivity index (χ3n) is 2.53. The van der Waals surface area contributed by atoms with E-state index in [9.17, 15) is 14.9 Å². The highest BCUT2D eigenvalue weighted by Crippen LogP contribution is 2.29. The van der Waals surface area contributed by atoms with Gasteiger partial charge in [0.05, 0.1) is 4.92 Å². The van der Waals surface area contributed by atoms with Gasteiger partial charge in [-0.05, 0) is 31.9 Å². The molecule has 1 atom stereocenters. The summed E-state index contributed by atoms with van der Waals surface area (Å²) in [7, 11) is 0. The number of Topliss-reactive ketones (excluding diaryl/α,β-unsaturated/α-hetero) is 1. The number of benzene rings is 1. The van der Waals surface area contributed by atoms with E-state index in [1.54, 1.807) is 19.1 Å². The highest BCUT2D eigenvalue weighted by atomic mass is 16.6. The number of aryl methyl sites for hydroxylation is 1. The maximum Gasteiger partial charge on any atom is 0.311 e. The summed E-state index contributed by atoms with van der Waals surface area (Å²) in [6.45, 7) is 5.12. The number of carbonyl (C=O) groups excluding carboxylic acids is 1. The van der Waals surface area contributed by atoms with Gasteiger partial charge in [0.1, 0.15) is 11.9 Å². The Kier molecular flexibility index (Phi) is 4.83. The van der Waals surface area contributed by atoms with E-state index in [1.165, 1.54) is 13.0 Å². The fraction of sp³-hybridized carbons (Fsp3) is 0.462. The van der Waals surface area contributed by atoms with E-state index in [0.29, 0.717) is 0 Å². The number of hydrogen-bond acceptors (Lipinski definition) is 4. The van der Waals surface area contributed by atoms with E-state index in [-0.39, 0.29) is 29.7 Å². The van der Waals surface area contributed by atoms with Gasteiger partial charge in [-0.2, -0.15) is 0 Å². The normalized spacial score (nSPS) is 11.9. The Morgan fingerprint density at radius 1 is 1.50 bits per heavy atom. The molecule has 18 heavy (non-hydrogen) atoms. The Morgan fingerprint density at radius 2 is 2.17 bits per heavy atom. The van der Waals surface area contributed by atoms with Gasteiger partial charge in [-0.1, -0.05) is 13.0 Å². The Balaban J connectivity index is 2.94. The molecule has 1 aromatic carbocycles. The van der Waals surface area contributed by atoms with Crippen LogP contribution in [0.4, 0.5) is 5.69 Å². The highest BCUT2D eigenvalue weighted by Gasteiger charge is 2.18. The summed E-state index contributed by atoms with van der Waals surface area (Å²) in [5, 5.41) is 11.0. The summed E-state index contributed by atoms with van der Waals surface area (Å²) in [5.74, 6) is 0.210. The van der Waals surface area contributed by atoms with E-state index in [4.69, 9.17) is 4.74 Å². The standard InChI is InChI=1S/C13H17NO4/c1-4-11-5-6-13(12(8-11)14(16)17)18-10(3)7-9(2)15/h5-6,8,10H,4,7H2,1-3H3. The minimum atomic E-state index is -0.463. The first-order valence-corrected chi connectivity index (χ1v) is 5.87. The fourth-order valence-corrected chi connectivity index (χ4v) is 1.69. The molecule has 0 radical (unpaired) electrons. The molecule has 98 valence electrons. The van der Waals surface area contributed by atoms with Gasteiger partial charge < -0.3 is 4.74 Å². The lowest BCUT2D eigenvalue weighted by Gasteiger charge is -2.13. The number of nitro groups is 1. The van der Waals surface area contributed by atoms with Crippen molar-refractivity contribution in [2.24, 2.45) is 0 Å². The molecular weight excluding hydrogens is 234 g/mol. The number of ether oxygens (including phenoxy) is 1. The van der Waals surface area contributed by atoms with E-state index < -0.39 is 4.92 Å². The van der Waals surface area contributed by atoms with Crippen molar-refractivity contribution in [1.29, 1.82) is 0 Å². The minimum Gasteiger partial charge on any atom is -0.483 e. The SMILES string of the molecule is CCc1ccc(OC(C)CC(C)=O)c([N+](=O)[O-])c1. The lowest BCUT2D eigenvalue weighted by atomic mass is 10.1. The molecule has 0 heterocycles. The third kappa shape index (κ3) is 3.84. The molecule has 0 amide bonds. The Morgan fingerprint density at radius 3 is 2.67 bits per heavy atom. The second-order valence-electron chi connectivity index (χ2n) is 4.25. The molecule has 0 N–H and O–H groups in total. The van der Waals surface area contributed by atoms with Crippen molar-refractivity contribution in [1.82, 2.24) is 0 Å². The monoisotopic (exact) mass is 251 g/mol. The van der Waals surface area contributed by atoms with Crippen molar-refractivity contribution in [2.45, 2.75) is 39.7 Å². The number of nitrogens with zero attached hydrogens (tertiary/aromatic N) is 1. The molecule has 0 bridgehead atoms. The molecule has 0 spiro atoms. The number of carbonyl (C=O) groups is 1. The Bertz CT molecular complexity index is 456. The van der Waals surface area contributed by atoms with Gasteiger partial charge in [-0.3, -0.25) is 14.9 Å². The van der Waals surface area contributed by atoms with Crippen LogP contribution < -0.4 is 4.74 Å². The maximum atomic E-state index is 11.0. The quantitative estimate of drug-likeness (QED) is 0.575. The summed E-state index contributed by atoms with van der Waals surface area (Å²) in [6.07, 6.45) is 0.602. The smallest absolute Gasteiger partial charge is 0.311 e. The minimum absolute atomic E-state index is 0.00432. The van der Waals surface area contributed by atoms with Gasteiger partial charge in [0.15, 0.2) is 5.75 Å². The van der Waals surface area contributed by atoms with Crippen LogP contribution in [0.5, 0.6) is 5.75 Å². The van der Waals surface area contributed by atoms with Gasteiger partial charge in [0, 0.05) is 12.5 Å². The lowest BCUT2D eigenvalue weighted by Crippen LogP contribution is -2.16. The van der Waals surface area contributed by atoms with Crippen molar-refractivity contribution >= 4 is 11.5 Å². The average Bonchev–Trinajstić information content (AvgIpc) is 2.28.